The van der Waals surface area contributed by atoms with E-state index in [1.807, 2.05) is 57.5 Å². The maximum atomic E-state index is 13.0. The third kappa shape index (κ3) is 5.10. The van der Waals surface area contributed by atoms with E-state index in [1.54, 1.807) is 38.7 Å². The van der Waals surface area contributed by atoms with E-state index in [1.165, 1.54) is 0 Å². The van der Waals surface area contributed by atoms with Gasteiger partial charge >= 0.3 is 0 Å². The van der Waals surface area contributed by atoms with Gasteiger partial charge in [-0.15, -0.1) is 0 Å². The van der Waals surface area contributed by atoms with E-state index in [0.717, 1.165) is 22.2 Å². The first-order valence-corrected chi connectivity index (χ1v) is 11.6. The molecule has 188 valence electrons. The predicted octanol–water partition coefficient (Wildman–Crippen LogP) is 5.19. The van der Waals surface area contributed by atoms with Gasteiger partial charge in [-0.25, -0.2) is 4.68 Å². The van der Waals surface area contributed by atoms with Crippen LogP contribution in [0.5, 0.6) is 23.0 Å². The van der Waals surface area contributed by atoms with Gasteiger partial charge in [-0.05, 0) is 52.8 Å². The van der Waals surface area contributed by atoms with Gasteiger partial charge in [-0.1, -0.05) is 0 Å². The molecule has 4 aromatic rings. The molecular formula is C27H31N5O4. The van der Waals surface area contributed by atoms with Crippen LogP contribution < -0.4 is 19.5 Å². The number of nitrogens with one attached hydrogen (secondary N) is 1. The van der Waals surface area contributed by atoms with E-state index in [2.05, 4.69) is 20.4 Å². The average Bonchev–Trinajstić information content (AvgIpc) is 3.13. The SMILES string of the molecule is COc1ccc2c(Oc3cnc(CC(=O)Nc4c(C)c(C)nn4C(C)(C)C)c(OC)c3)ccnc2c1. The van der Waals surface area contributed by atoms with Crippen LogP contribution in [-0.4, -0.2) is 39.9 Å². The number of pyridine rings is 2. The van der Waals surface area contributed by atoms with Crippen molar-refractivity contribution in [2.75, 3.05) is 19.5 Å². The Kier molecular flexibility index (Phi) is 6.83. The number of carbonyl (C=O) groups is 1. The molecule has 36 heavy (non-hydrogen) atoms. The Balaban J connectivity index is 1.54. The Morgan fingerprint density at radius 2 is 1.78 bits per heavy atom. The van der Waals surface area contributed by atoms with Crippen molar-refractivity contribution < 1.29 is 19.0 Å². The summed E-state index contributed by atoms with van der Waals surface area (Å²) in [7, 11) is 3.15. The fraction of sp³-hybridized carbons (Fsp3) is 0.333. The number of fused-ring (bicyclic) bond motifs is 1. The highest BCUT2D eigenvalue weighted by atomic mass is 16.5. The summed E-state index contributed by atoms with van der Waals surface area (Å²) >= 11 is 0. The first kappa shape index (κ1) is 25.0. The molecule has 0 radical (unpaired) electrons. The van der Waals surface area contributed by atoms with Crippen molar-refractivity contribution in [3.63, 3.8) is 0 Å². The lowest BCUT2D eigenvalue weighted by Gasteiger charge is -2.23. The van der Waals surface area contributed by atoms with Crippen LogP contribution in [0, 0.1) is 13.8 Å². The first-order chi connectivity index (χ1) is 17.1. The Labute approximate surface area is 210 Å². The van der Waals surface area contributed by atoms with Gasteiger partial charge in [0.1, 0.15) is 28.8 Å². The van der Waals surface area contributed by atoms with E-state index in [4.69, 9.17) is 14.2 Å². The maximum absolute atomic E-state index is 13.0. The number of nitrogens with zero attached hydrogens (tertiary/aromatic N) is 4. The monoisotopic (exact) mass is 489 g/mol. The molecule has 0 unspecified atom stereocenters. The van der Waals surface area contributed by atoms with Gasteiger partial charge in [0, 0.05) is 29.3 Å². The van der Waals surface area contributed by atoms with Gasteiger partial charge in [0.05, 0.1) is 49.3 Å². The van der Waals surface area contributed by atoms with E-state index in [9.17, 15) is 4.79 Å². The van der Waals surface area contributed by atoms with Crippen LogP contribution in [0.1, 0.15) is 37.7 Å². The highest BCUT2D eigenvalue weighted by Crippen LogP contribution is 2.33. The molecule has 0 spiro atoms. The number of aromatic nitrogens is 4. The Hall–Kier alpha value is -4.14. The molecule has 0 fully saturated rings. The fourth-order valence-corrected chi connectivity index (χ4v) is 3.83. The minimum absolute atomic E-state index is 0.0370. The van der Waals surface area contributed by atoms with Crippen molar-refractivity contribution >= 4 is 22.6 Å². The van der Waals surface area contributed by atoms with Crippen LogP contribution in [0.15, 0.2) is 42.7 Å². The largest absolute Gasteiger partial charge is 0.497 e. The van der Waals surface area contributed by atoms with Gasteiger partial charge in [0.2, 0.25) is 5.91 Å². The number of hydrogen-bond donors (Lipinski definition) is 1. The van der Waals surface area contributed by atoms with Crippen LogP contribution >= 0.6 is 0 Å². The number of carbonyl (C=O) groups excluding carboxylic acids is 1. The lowest BCUT2D eigenvalue weighted by atomic mass is 10.1. The quantitative estimate of drug-likeness (QED) is 0.381. The van der Waals surface area contributed by atoms with E-state index in [0.29, 0.717) is 34.5 Å². The Bertz CT molecular complexity index is 1420. The van der Waals surface area contributed by atoms with Crippen LogP contribution in [0.2, 0.25) is 0 Å². The summed E-state index contributed by atoms with van der Waals surface area (Å²) in [5.41, 5.74) is 2.78. The van der Waals surface area contributed by atoms with Gasteiger partial charge in [0.15, 0.2) is 0 Å². The summed E-state index contributed by atoms with van der Waals surface area (Å²) in [5, 5.41) is 8.43. The summed E-state index contributed by atoms with van der Waals surface area (Å²) in [4.78, 5) is 21.8. The van der Waals surface area contributed by atoms with Gasteiger partial charge < -0.3 is 19.5 Å². The summed E-state index contributed by atoms with van der Waals surface area (Å²) < 4.78 is 18.7. The van der Waals surface area contributed by atoms with E-state index >= 15 is 0 Å². The number of benzene rings is 1. The molecule has 4 rings (SSSR count). The van der Waals surface area contributed by atoms with Gasteiger partial charge in [-0.2, -0.15) is 5.10 Å². The highest BCUT2D eigenvalue weighted by molar-refractivity contribution is 5.92. The second-order valence-corrected chi connectivity index (χ2v) is 9.48. The van der Waals surface area contributed by atoms with Gasteiger partial charge in [-0.3, -0.25) is 14.8 Å². The first-order valence-electron chi connectivity index (χ1n) is 11.6. The van der Waals surface area contributed by atoms with Gasteiger partial charge in [0.25, 0.3) is 0 Å². The minimum Gasteiger partial charge on any atom is -0.497 e. The Morgan fingerprint density at radius 3 is 2.47 bits per heavy atom. The molecule has 1 amide bonds. The molecule has 1 N–H and O–H groups in total. The van der Waals surface area contributed by atoms with E-state index < -0.39 is 0 Å². The maximum Gasteiger partial charge on any atom is 0.231 e. The average molecular weight is 490 g/mol. The number of aryl methyl sites for hydroxylation is 1. The number of amides is 1. The van der Waals surface area contributed by atoms with Crippen molar-refractivity contribution in [1.82, 2.24) is 19.7 Å². The number of anilines is 1. The fourth-order valence-electron chi connectivity index (χ4n) is 3.83. The number of ether oxygens (including phenoxy) is 3. The summed E-state index contributed by atoms with van der Waals surface area (Å²) in [6.45, 7) is 10.0. The molecular weight excluding hydrogens is 458 g/mol. The van der Waals surface area contributed by atoms with Crippen LogP contribution in [0.4, 0.5) is 5.82 Å². The van der Waals surface area contributed by atoms with E-state index in [-0.39, 0.29) is 17.9 Å². The zero-order valence-electron chi connectivity index (χ0n) is 21.7. The second kappa shape index (κ2) is 9.85. The Morgan fingerprint density at radius 1 is 1.00 bits per heavy atom. The lowest BCUT2D eigenvalue weighted by molar-refractivity contribution is -0.115. The summed E-state index contributed by atoms with van der Waals surface area (Å²) in [6.07, 6.45) is 3.29. The highest BCUT2D eigenvalue weighted by Gasteiger charge is 2.23. The second-order valence-electron chi connectivity index (χ2n) is 9.48. The lowest BCUT2D eigenvalue weighted by Crippen LogP contribution is -2.27. The van der Waals surface area contributed by atoms with Crippen molar-refractivity contribution in [3.05, 3.63) is 59.7 Å². The molecule has 0 atom stereocenters. The zero-order chi connectivity index (χ0) is 26.0. The number of methoxy groups -OCH3 is 2. The third-order valence-electron chi connectivity index (χ3n) is 5.84. The standard InChI is InChI=1S/C27H31N5O4/c1-16-17(2)31-32(27(3,4)5)26(16)30-25(33)14-22-24(35-7)13-19(15-29-22)36-23-10-11-28-21-12-18(34-6)8-9-20(21)23/h8-13,15H,14H2,1-7H3,(H,30,33). The van der Waals surface area contributed by atoms with Crippen molar-refractivity contribution in [1.29, 1.82) is 0 Å². The van der Waals surface area contributed by atoms with Crippen molar-refractivity contribution in [2.45, 2.75) is 46.6 Å². The molecule has 0 saturated carbocycles. The molecule has 9 nitrogen and oxygen atoms in total. The van der Waals surface area contributed by atoms with Crippen LogP contribution in [0.25, 0.3) is 10.9 Å². The molecule has 0 bridgehead atoms. The number of hydrogen-bond acceptors (Lipinski definition) is 7. The molecule has 9 heteroatoms. The molecule has 3 aromatic heterocycles. The van der Waals surface area contributed by atoms with Crippen molar-refractivity contribution in [3.8, 4) is 23.0 Å². The summed E-state index contributed by atoms with van der Waals surface area (Å²) in [6, 6.07) is 9.10. The molecule has 0 aliphatic carbocycles. The molecule has 1 aromatic carbocycles. The normalized spacial score (nSPS) is 11.4. The molecule has 0 saturated heterocycles. The minimum atomic E-state index is -0.279. The molecule has 0 aliphatic rings. The topological polar surface area (TPSA) is 100 Å². The molecule has 0 aliphatic heterocycles. The van der Waals surface area contributed by atoms with Crippen LogP contribution in [0.3, 0.4) is 0 Å². The number of rotatable bonds is 7. The third-order valence-corrected chi connectivity index (χ3v) is 5.84. The summed E-state index contributed by atoms with van der Waals surface area (Å²) in [5.74, 6) is 2.76. The smallest absolute Gasteiger partial charge is 0.231 e. The molecule has 3 heterocycles. The predicted molar refractivity (Wildman–Crippen MR) is 138 cm³/mol. The zero-order valence-corrected chi connectivity index (χ0v) is 21.7. The van der Waals surface area contributed by atoms with Crippen LogP contribution in [-0.2, 0) is 16.8 Å². The van der Waals surface area contributed by atoms with Crippen molar-refractivity contribution in [2.24, 2.45) is 0 Å².